The second-order valence-corrected chi connectivity index (χ2v) is 4.20. The Balaban J connectivity index is 2.82. The van der Waals surface area contributed by atoms with Crippen molar-refractivity contribution >= 4 is 27.8 Å². The van der Waals surface area contributed by atoms with Crippen molar-refractivity contribution in [3.05, 3.63) is 33.8 Å². The average Bonchev–Trinajstić information content (AvgIpc) is 2.28. The quantitative estimate of drug-likeness (QED) is 0.809. The van der Waals surface area contributed by atoms with Crippen LogP contribution in [0.4, 0.5) is 0 Å². The van der Waals surface area contributed by atoms with Gasteiger partial charge >= 0.3 is 5.97 Å². The zero-order chi connectivity index (χ0) is 12.8. The monoisotopic (exact) mass is 301 g/mol. The molecule has 17 heavy (non-hydrogen) atoms. The van der Waals surface area contributed by atoms with Gasteiger partial charge in [-0.15, -0.1) is 0 Å². The number of aromatic carboxylic acids is 1. The van der Waals surface area contributed by atoms with E-state index in [1.807, 2.05) is 0 Å². The number of nitrogens with one attached hydrogen (secondary N) is 1. The molecule has 2 N–H and O–H groups in total. The van der Waals surface area contributed by atoms with Crippen LogP contribution in [0.2, 0.25) is 0 Å². The third-order valence-electron chi connectivity index (χ3n) is 2.00. The Kier molecular flexibility index (Phi) is 5.11. The first-order chi connectivity index (χ1) is 8.04. The Morgan fingerprint density at radius 1 is 1.35 bits per heavy atom. The van der Waals surface area contributed by atoms with Crippen molar-refractivity contribution in [1.82, 2.24) is 5.32 Å². The van der Waals surface area contributed by atoms with E-state index in [1.54, 1.807) is 6.07 Å². The van der Waals surface area contributed by atoms with E-state index < -0.39 is 5.97 Å². The van der Waals surface area contributed by atoms with Gasteiger partial charge in [-0.1, -0.05) is 15.9 Å². The van der Waals surface area contributed by atoms with Crippen LogP contribution >= 0.6 is 15.9 Å². The van der Waals surface area contributed by atoms with E-state index in [-0.39, 0.29) is 11.5 Å². The summed E-state index contributed by atoms with van der Waals surface area (Å²) in [5.74, 6) is -1.40. The molecule has 1 rings (SSSR count). The predicted molar refractivity (Wildman–Crippen MR) is 65.3 cm³/mol. The minimum atomic E-state index is -1.07. The van der Waals surface area contributed by atoms with Crippen molar-refractivity contribution in [2.24, 2.45) is 0 Å². The van der Waals surface area contributed by atoms with Gasteiger partial charge in [0.1, 0.15) is 0 Å². The molecule has 0 unspecified atom stereocenters. The molecule has 0 aliphatic carbocycles. The largest absolute Gasteiger partial charge is 0.478 e. The minimum absolute atomic E-state index is 0.0660. The molecule has 0 bridgehead atoms. The molecule has 0 saturated heterocycles. The van der Waals surface area contributed by atoms with E-state index in [0.29, 0.717) is 23.2 Å². The van der Waals surface area contributed by atoms with Crippen LogP contribution in [0.3, 0.4) is 0 Å². The van der Waals surface area contributed by atoms with Crippen LogP contribution < -0.4 is 5.32 Å². The lowest BCUT2D eigenvalue weighted by Crippen LogP contribution is -2.27. The van der Waals surface area contributed by atoms with Crippen molar-refractivity contribution in [2.75, 3.05) is 20.3 Å². The molecule has 92 valence electrons. The van der Waals surface area contributed by atoms with Crippen LogP contribution in [0.5, 0.6) is 0 Å². The number of benzene rings is 1. The standard InChI is InChI=1S/C11H12BrNO4/c1-17-3-2-13-10(14)7-4-8(11(15)16)6-9(12)5-7/h4-6H,2-3H2,1H3,(H,13,14)(H,15,16). The topological polar surface area (TPSA) is 75.6 Å². The maximum Gasteiger partial charge on any atom is 0.335 e. The fraction of sp³-hybridized carbons (Fsp3) is 0.273. The highest BCUT2D eigenvalue weighted by atomic mass is 79.9. The van der Waals surface area contributed by atoms with Gasteiger partial charge in [0.15, 0.2) is 0 Å². The van der Waals surface area contributed by atoms with Gasteiger partial charge in [0.05, 0.1) is 12.2 Å². The van der Waals surface area contributed by atoms with Crippen LogP contribution in [0.1, 0.15) is 20.7 Å². The first-order valence-corrected chi connectivity index (χ1v) is 5.65. The molecule has 0 radical (unpaired) electrons. The number of methoxy groups -OCH3 is 1. The Bertz CT molecular complexity index is 433. The molecule has 0 atom stereocenters. The number of carboxylic acid groups (broad SMARTS) is 1. The summed E-state index contributed by atoms with van der Waals surface area (Å²) in [5, 5.41) is 11.5. The smallest absolute Gasteiger partial charge is 0.335 e. The van der Waals surface area contributed by atoms with Crippen LogP contribution in [0, 0.1) is 0 Å². The molecule has 0 aliphatic rings. The van der Waals surface area contributed by atoms with Gasteiger partial charge in [0, 0.05) is 23.7 Å². The molecule has 1 aromatic rings. The van der Waals surface area contributed by atoms with Crippen LogP contribution in [-0.4, -0.2) is 37.2 Å². The summed E-state index contributed by atoms with van der Waals surface area (Å²) in [6.07, 6.45) is 0. The van der Waals surface area contributed by atoms with Crippen molar-refractivity contribution in [3.8, 4) is 0 Å². The van der Waals surface area contributed by atoms with E-state index in [1.165, 1.54) is 19.2 Å². The van der Waals surface area contributed by atoms with Gasteiger partial charge in [-0.25, -0.2) is 4.79 Å². The lowest BCUT2D eigenvalue weighted by atomic mass is 10.1. The molecule has 1 aromatic carbocycles. The van der Waals surface area contributed by atoms with Crippen LogP contribution in [-0.2, 0) is 4.74 Å². The summed E-state index contributed by atoms with van der Waals surface area (Å²) < 4.78 is 5.35. The molecule has 0 spiro atoms. The molecule has 6 heteroatoms. The molecule has 0 aromatic heterocycles. The molecular formula is C11H12BrNO4. The molecule has 0 fully saturated rings. The summed E-state index contributed by atoms with van der Waals surface area (Å²) in [6, 6.07) is 4.33. The van der Waals surface area contributed by atoms with E-state index in [2.05, 4.69) is 21.2 Å². The normalized spacial score (nSPS) is 10.0. The lowest BCUT2D eigenvalue weighted by molar-refractivity contribution is 0.0697. The first-order valence-electron chi connectivity index (χ1n) is 4.85. The van der Waals surface area contributed by atoms with Gasteiger partial charge in [0.2, 0.25) is 0 Å². The van der Waals surface area contributed by atoms with Gasteiger partial charge < -0.3 is 15.2 Å². The molecular weight excluding hydrogens is 290 g/mol. The second kappa shape index (κ2) is 6.36. The van der Waals surface area contributed by atoms with Gasteiger partial charge in [0.25, 0.3) is 5.91 Å². The number of carbonyl (C=O) groups is 2. The number of carboxylic acids is 1. The number of amides is 1. The fourth-order valence-electron chi connectivity index (χ4n) is 1.21. The van der Waals surface area contributed by atoms with Gasteiger partial charge in [-0.3, -0.25) is 4.79 Å². The van der Waals surface area contributed by atoms with E-state index in [9.17, 15) is 9.59 Å². The van der Waals surface area contributed by atoms with Crippen molar-refractivity contribution in [3.63, 3.8) is 0 Å². The minimum Gasteiger partial charge on any atom is -0.478 e. The summed E-state index contributed by atoms with van der Waals surface area (Å²) >= 11 is 3.16. The summed E-state index contributed by atoms with van der Waals surface area (Å²) in [4.78, 5) is 22.5. The van der Waals surface area contributed by atoms with Crippen LogP contribution in [0.25, 0.3) is 0 Å². The Labute approximate surface area is 107 Å². The van der Waals surface area contributed by atoms with Gasteiger partial charge in [-0.2, -0.15) is 0 Å². The number of rotatable bonds is 5. The molecule has 0 heterocycles. The van der Waals surface area contributed by atoms with E-state index >= 15 is 0 Å². The summed E-state index contributed by atoms with van der Waals surface area (Å²) in [5.41, 5.74) is 0.365. The molecule has 5 nitrogen and oxygen atoms in total. The maximum absolute atomic E-state index is 11.7. The lowest BCUT2D eigenvalue weighted by Gasteiger charge is -2.06. The van der Waals surface area contributed by atoms with Crippen molar-refractivity contribution in [1.29, 1.82) is 0 Å². The maximum atomic E-state index is 11.7. The zero-order valence-electron chi connectivity index (χ0n) is 9.20. The number of hydrogen-bond donors (Lipinski definition) is 2. The van der Waals surface area contributed by atoms with E-state index in [4.69, 9.17) is 9.84 Å². The highest BCUT2D eigenvalue weighted by molar-refractivity contribution is 9.10. The van der Waals surface area contributed by atoms with Crippen LogP contribution in [0.15, 0.2) is 22.7 Å². The zero-order valence-corrected chi connectivity index (χ0v) is 10.8. The van der Waals surface area contributed by atoms with Crippen molar-refractivity contribution < 1.29 is 19.4 Å². The third kappa shape index (κ3) is 4.16. The Morgan fingerprint density at radius 3 is 2.59 bits per heavy atom. The van der Waals surface area contributed by atoms with E-state index in [0.717, 1.165) is 0 Å². The highest BCUT2D eigenvalue weighted by Gasteiger charge is 2.11. The summed E-state index contributed by atoms with van der Waals surface area (Å²) in [6.45, 7) is 0.787. The first kappa shape index (κ1) is 13.7. The summed E-state index contributed by atoms with van der Waals surface area (Å²) in [7, 11) is 1.54. The number of carbonyl (C=O) groups excluding carboxylic acids is 1. The number of hydrogen-bond acceptors (Lipinski definition) is 3. The predicted octanol–water partition coefficient (Wildman–Crippen LogP) is 1.52. The molecule has 1 amide bonds. The fourth-order valence-corrected chi connectivity index (χ4v) is 1.71. The number of halogens is 1. The van der Waals surface area contributed by atoms with Gasteiger partial charge in [-0.05, 0) is 18.2 Å². The second-order valence-electron chi connectivity index (χ2n) is 3.28. The third-order valence-corrected chi connectivity index (χ3v) is 2.46. The highest BCUT2D eigenvalue weighted by Crippen LogP contribution is 2.16. The SMILES string of the molecule is COCCNC(=O)c1cc(Br)cc(C(=O)O)c1. The molecule has 0 aliphatic heterocycles. The average molecular weight is 302 g/mol. The molecule has 0 saturated carbocycles. The Hall–Kier alpha value is -1.40. The number of ether oxygens (including phenoxy) is 1. The van der Waals surface area contributed by atoms with Crippen molar-refractivity contribution in [2.45, 2.75) is 0 Å². The Morgan fingerprint density at radius 2 is 2.00 bits per heavy atom.